The van der Waals surface area contributed by atoms with Gasteiger partial charge < -0.3 is 5.73 Å². The van der Waals surface area contributed by atoms with Crippen molar-refractivity contribution in [3.05, 3.63) is 14.8 Å². The summed E-state index contributed by atoms with van der Waals surface area (Å²) in [4.78, 5) is 31.9. The lowest BCUT2D eigenvalue weighted by atomic mass is 10.1. The third kappa shape index (κ3) is 2.43. The van der Waals surface area contributed by atoms with Crippen LogP contribution in [0.15, 0.2) is 4.47 Å². The van der Waals surface area contributed by atoms with Gasteiger partial charge in [0.2, 0.25) is 17.8 Å². The van der Waals surface area contributed by atoms with Crippen LogP contribution in [0.2, 0.25) is 10.3 Å². The Kier molecular flexibility index (Phi) is 3.74. The fourth-order valence-electron chi connectivity index (χ4n) is 1.60. The van der Waals surface area contributed by atoms with Gasteiger partial charge in [0.25, 0.3) is 0 Å². The minimum Gasteiger partial charge on any atom is -0.369 e. The second-order valence-corrected chi connectivity index (χ2v) is 5.24. The van der Waals surface area contributed by atoms with Crippen LogP contribution < -0.4 is 10.6 Å². The Balaban J connectivity index is 2.33. The van der Waals surface area contributed by atoms with Crippen LogP contribution in [-0.2, 0) is 9.59 Å². The SMILES string of the molecule is NC(=O)C1CC(=O)N(c2nc(Cl)c(Br)c(Cl)n2)C1. The quantitative estimate of drug-likeness (QED) is 0.813. The van der Waals surface area contributed by atoms with Crippen molar-refractivity contribution in [1.29, 1.82) is 0 Å². The number of rotatable bonds is 2. The van der Waals surface area contributed by atoms with Gasteiger partial charge >= 0.3 is 0 Å². The summed E-state index contributed by atoms with van der Waals surface area (Å²) in [6.07, 6.45) is 0.0456. The van der Waals surface area contributed by atoms with Crippen LogP contribution in [0, 0.1) is 5.92 Å². The molecule has 0 radical (unpaired) electrons. The fraction of sp³-hybridized carbons (Fsp3) is 0.333. The Bertz CT molecular complexity index is 516. The van der Waals surface area contributed by atoms with Crippen molar-refractivity contribution < 1.29 is 9.59 Å². The Morgan fingerprint density at radius 3 is 2.39 bits per heavy atom. The monoisotopic (exact) mass is 352 g/mol. The molecule has 2 rings (SSSR count). The number of nitrogens with two attached hydrogens (primary N) is 1. The van der Waals surface area contributed by atoms with E-state index in [9.17, 15) is 9.59 Å². The van der Waals surface area contributed by atoms with Gasteiger partial charge in [0.15, 0.2) is 0 Å². The standard InChI is InChI=1S/C9H7BrCl2N4O2/c10-5-6(11)14-9(15-7(5)12)16-2-3(8(13)18)1-4(16)17/h3H,1-2H2,(H2,13,18). The molecule has 0 spiro atoms. The number of nitrogens with zero attached hydrogens (tertiary/aromatic N) is 3. The normalized spacial score (nSPS) is 19.4. The lowest BCUT2D eigenvalue weighted by Crippen LogP contribution is -2.29. The molecule has 1 aliphatic heterocycles. The fourth-order valence-corrected chi connectivity index (χ4v) is 2.15. The summed E-state index contributed by atoms with van der Waals surface area (Å²) in [7, 11) is 0. The number of carbonyl (C=O) groups excluding carboxylic acids is 2. The van der Waals surface area contributed by atoms with Crippen LogP contribution in [0.4, 0.5) is 5.95 Å². The van der Waals surface area contributed by atoms with Gasteiger partial charge in [-0.15, -0.1) is 0 Å². The number of amides is 2. The van der Waals surface area contributed by atoms with E-state index < -0.39 is 11.8 Å². The zero-order chi connectivity index (χ0) is 13.4. The smallest absolute Gasteiger partial charge is 0.235 e. The maximum atomic E-state index is 11.7. The van der Waals surface area contributed by atoms with E-state index in [2.05, 4.69) is 25.9 Å². The van der Waals surface area contributed by atoms with E-state index in [4.69, 9.17) is 28.9 Å². The molecule has 2 heterocycles. The molecule has 1 aromatic rings. The van der Waals surface area contributed by atoms with E-state index in [0.717, 1.165) is 0 Å². The van der Waals surface area contributed by atoms with E-state index in [0.29, 0.717) is 4.47 Å². The average molecular weight is 354 g/mol. The first-order valence-electron chi connectivity index (χ1n) is 4.88. The molecular weight excluding hydrogens is 347 g/mol. The average Bonchev–Trinajstić information content (AvgIpc) is 2.68. The van der Waals surface area contributed by atoms with Gasteiger partial charge in [-0.3, -0.25) is 14.5 Å². The number of hydrogen-bond acceptors (Lipinski definition) is 4. The number of anilines is 1. The molecule has 1 saturated heterocycles. The van der Waals surface area contributed by atoms with E-state index in [1.807, 2.05) is 0 Å². The van der Waals surface area contributed by atoms with Crippen molar-refractivity contribution in [3.63, 3.8) is 0 Å². The van der Waals surface area contributed by atoms with Gasteiger partial charge in [0.05, 0.1) is 10.4 Å². The van der Waals surface area contributed by atoms with Gasteiger partial charge in [-0.1, -0.05) is 23.2 Å². The van der Waals surface area contributed by atoms with Crippen LogP contribution in [0.25, 0.3) is 0 Å². The zero-order valence-electron chi connectivity index (χ0n) is 8.86. The van der Waals surface area contributed by atoms with Crippen molar-refractivity contribution >= 4 is 56.9 Å². The first kappa shape index (κ1) is 13.5. The summed E-state index contributed by atoms with van der Waals surface area (Å²) in [5, 5.41) is 0.195. The molecule has 96 valence electrons. The molecule has 0 aromatic carbocycles. The molecule has 9 heteroatoms. The van der Waals surface area contributed by atoms with Gasteiger partial charge in [0, 0.05) is 13.0 Å². The molecule has 2 N–H and O–H groups in total. The third-order valence-electron chi connectivity index (χ3n) is 2.53. The summed E-state index contributed by atoms with van der Waals surface area (Å²) in [5.41, 5.74) is 5.17. The van der Waals surface area contributed by atoms with Crippen molar-refractivity contribution in [3.8, 4) is 0 Å². The first-order chi connectivity index (χ1) is 8.40. The molecule has 2 amide bonds. The lowest BCUT2D eigenvalue weighted by Gasteiger charge is -2.14. The van der Waals surface area contributed by atoms with Crippen LogP contribution in [0.1, 0.15) is 6.42 Å². The van der Waals surface area contributed by atoms with Crippen molar-refractivity contribution in [2.24, 2.45) is 11.7 Å². The number of primary amides is 1. The molecule has 1 fully saturated rings. The van der Waals surface area contributed by atoms with Crippen LogP contribution in [0.3, 0.4) is 0 Å². The molecule has 1 unspecified atom stereocenters. The maximum absolute atomic E-state index is 11.7. The Labute approximate surface area is 121 Å². The highest BCUT2D eigenvalue weighted by Gasteiger charge is 2.35. The molecule has 1 atom stereocenters. The van der Waals surface area contributed by atoms with E-state index >= 15 is 0 Å². The molecule has 1 aliphatic rings. The predicted molar refractivity (Wildman–Crippen MR) is 69.4 cm³/mol. The summed E-state index contributed by atoms with van der Waals surface area (Å²) in [6, 6.07) is 0. The highest BCUT2D eigenvalue weighted by Crippen LogP contribution is 2.31. The molecule has 1 aromatic heterocycles. The van der Waals surface area contributed by atoms with Gasteiger partial charge in [-0.25, -0.2) is 0 Å². The summed E-state index contributed by atoms with van der Waals surface area (Å²) < 4.78 is 0.354. The Morgan fingerprint density at radius 2 is 1.94 bits per heavy atom. The van der Waals surface area contributed by atoms with Gasteiger partial charge in [-0.05, 0) is 15.9 Å². The lowest BCUT2D eigenvalue weighted by molar-refractivity contribution is -0.123. The van der Waals surface area contributed by atoms with Crippen molar-refractivity contribution in [1.82, 2.24) is 9.97 Å². The number of aromatic nitrogens is 2. The number of carbonyl (C=O) groups is 2. The van der Waals surface area contributed by atoms with Crippen LogP contribution in [0.5, 0.6) is 0 Å². The van der Waals surface area contributed by atoms with Crippen molar-refractivity contribution in [2.45, 2.75) is 6.42 Å². The maximum Gasteiger partial charge on any atom is 0.235 e. The Hall–Kier alpha value is -0.920. The van der Waals surface area contributed by atoms with Gasteiger partial charge in [0.1, 0.15) is 10.3 Å². The second kappa shape index (κ2) is 4.99. The molecule has 0 saturated carbocycles. The van der Waals surface area contributed by atoms with E-state index in [-0.39, 0.29) is 35.1 Å². The molecule has 0 aliphatic carbocycles. The molecule has 18 heavy (non-hydrogen) atoms. The molecule has 6 nitrogen and oxygen atoms in total. The summed E-state index contributed by atoms with van der Waals surface area (Å²) in [6.45, 7) is 0.141. The van der Waals surface area contributed by atoms with Crippen LogP contribution in [-0.4, -0.2) is 28.3 Å². The van der Waals surface area contributed by atoms with Crippen LogP contribution >= 0.6 is 39.1 Å². The zero-order valence-corrected chi connectivity index (χ0v) is 12.0. The summed E-state index contributed by atoms with van der Waals surface area (Å²) >= 11 is 14.8. The predicted octanol–water partition coefficient (Wildman–Crippen LogP) is 1.38. The number of hydrogen-bond donors (Lipinski definition) is 1. The van der Waals surface area contributed by atoms with Gasteiger partial charge in [-0.2, -0.15) is 9.97 Å². The first-order valence-corrected chi connectivity index (χ1v) is 6.43. The summed E-state index contributed by atoms with van der Waals surface area (Å²) in [5.74, 6) is -1.28. The van der Waals surface area contributed by atoms with E-state index in [1.165, 1.54) is 4.90 Å². The minimum absolute atomic E-state index is 0.0456. The Morgan fingerprint density at radius 1 is 1.39 bits per heavy atom. The molecule has 0 bridgehead atoms. The topological polar surface area (TPSA) is 89.2 Å². The van der Waals surface area contributed by atoms with E-state index in [1.54, 1.807) is 0 Å². The highest BCUT2D eigenvalue weighted by atomic mass is 79.9. The minimum atomic E-state index is -0.540. The second-order valence-electron chi connectivity index (χ2n) is 3.73. The number of halogens is 3. The van der Waals surface area contributed by atoms with Crippen molar-refractivity contribution in [2.75, 3.05) is 11.4 Å². The third-order valence-corrected chi connectivity index (χ3v) is 4.28. The highest BCUT2D eigenvalue weighted by molar-refractivity contribution is 9.10. The molecular formula is C9H7BrCl2N4O2. The largest absolute Gasteiger partial charge is 0.369 e.